The number of nitrogens with one attached hydrogen (secondary N) is 1. The minimum Gasteiger partial charge on any atom is -0.445 e. The van der Waals surface area contributed by atoms with E-state index in [-0.39, 0.29) is 29.6 Å². The molecule has 0 aromatic heterocycles. The average Bonchev–Trinajstić information content (AvgIpc) is 2.83. The lowest BCUT2D eigenvalue weighted by atomic mass is 9.62. The Morgan fingerprint density at radius 2 is 2.00 bits per heavy atom. The van der Waals surface area contributed by atoms with E-state index >= 15 is 0 Å². The van der Waals surface area contributed by atoms with Crippen LogP contribution in [0.3, 0.4) is 0 Å². The summed E-state index contributed by atoms with van der Waals surface area (Å²) in [5, 5.41) is 12.6. The van der Waals surface area contributed by atoms with Crippen LogP contribution in [0.4, 0.5) is 5.69 Å². The predicted molar refractivity (Wildman–Crippen MR) is 89.7 cm³/mol. The normalized spacial score (nSPS) is 26.8. The van der Waals surface area contributed by atoms with E-state index in [4.69, 9.17) is 10.5 Å². The number of hydrogen-bond donors (Lipinski definition) is 2. The first-order chi connectivity index (χ1) is 11.8. The fourth-order valence-corrected chi connectivity index (χ4v) is 4.01. The number of fused-ring (bicyclic) bond motifs is 3. The second-order valence-electron chi connectivity index (χ2n) is 7.27. The molecule has 2 heterocycles. The van der Waals surface area contributed by atoms with Crippen molar-refractivity contribution in [3.63, 3.8) is 0 Å². The van der Waals surface area contributed by atoms with Gasteiger partial charge in [-0.05, 0) is 6.07 Å². The number of para-hydroxylation sites is 1. The van der Waals surface area contributed by atoms with Crippen LogP contribution in [0, 0.1) is 16.7 Å². The number of ether oxygens (including phenoxy) is 1. The molecule has 4 rings (SSSR count). The summed E-state index contributed by atoms with van der Waals surface area (Å²) in [7, 11) is 0. The van der Waals surface area contributed by atoms with Crippen LogP contribution in [0.5, 0.6) is 0 Å². The van der Waals surface area contributed by atoms with Crippen molar-refractivity contribution in [1.29, 1.82) is 5.26 Å². The molecular weight excluding hydrogens is 318 g/mol. The molecule has 0 bridgehead atoms. The number of hydrogen-bond acceptors (Lipinski definition) is 5. The Balaban J connectivity index is 2.06. The monoisotopic (exact) mass is 335 g/mol. The highest BCUT2D eigenvalue weighted by atomic mass is 16.5. The van der Waals surface area contributed by atoms with Crippen LogP contribution in [-0.2, 0) is 19.7 Å². The fraction of sp³-hybridized carbons (Fsp3) is 0.316. The summed E-state index contributed by atoms with van der Waals surface area (Å²) >= 11 is 0. The van der Waals surface area contributed by atoms with Gasteiger partial charge in [0.25, 0.3) is 0 Å². The van der Waals surface area contributed by atoms with E-state index in [0.29, 0.717) is 29.0 Å². The molecule has 25 heavy (non-hydrogen) atoms. The van der Waals surface area contributed by atoms with Crippen molar-refractivity contribution >= 4 is 17.4 Å². The van der Waals surface area contributed by atoms with E-state index in [1.807, 2.05) is 19.9 Å². The molecular formula is C19H17N3O3. The molecule has 0 saturated heterocycles. The van der Waals surface area contributed by atoms with Crippen molar-refractivity contribution in [2.45, 2.75) is 32.1 Å². The standard InChI is InChI=1S/C19H17N3O3/c1-18(2)8-14-11(7-15(18)23)19(12(9-20)16(21)25-14)10-5-3-4-6-13(10)22-17(19)24/h3-6H,7-8,21H2,1-2H3,(H,22,24). The van der Waals surface area contributed by atoms with Crippen molar-refractivity contribution in [1.82, 2.24) is 0 Å². The molecule has 1 aromatic rings. The number of benzene rings is 1. The van der Waals surface area contributed by atoms with Gasteiger partial charge in [-0.1, -0.05) is 32.0 Å². The molecule has 1 aliphatic carbocycles. The quantitative estimate of drug-likeness (QED) is 0.756. The molecule has 6 nitrogen and oxygen atoms in total. The zero-order valence-corrected chi connectivity index (χ0v) is 14.0. The number of carbonyl (C=O) groups is 2. The van der Waals surface area contributed by atoms with Gasteiger partial charge in [-0.15, -0.1) is 0 Å². The maximum atomic E-state index is 13.1. The number of carbonyl (C=O) groups excluding carboxylic acids is 2. The third-order valence-corrected chi connectivity index (χ3v) is 5.37. The lowest BCUT2D eigenvalue weighted by molar-refractivity contribution is -0.128. The Morgan fingerprint density at radius 3 is 2.72 bits per heavy atom. The van der Waals surface area contributed by atoms with E-state index in [1.165, 1.54) is 0 Å². The Kier molecular flexibility index (Phi) is 2.92. The van der Waals surface area contributed by atoms with Crippen LogP contribution in [0.15, 0.2) is 47.1 Å². The van der Waals surface area contributed by atoms with Crippen LogP contribution in [0.2, 0.25) is 0 Å². The van der Waals surface area contributed by atoms with E-state index in [1.54, 1.807) is 24.3 Å². The van der Waals surface area contributed by atoms with Gasteiger partial charge in [0.1, 0.15) is 28.6 Å². The molecule has 3 aliphatic rings. The second-order valence-corrected chi connectivity index (χ2v) is 7.27. The first kappa shape index (κ1) is 15.5. The first-order valence-corrected chi connectivity index (χ1v) is 8.07. The van der Waals surface area contributed by atoms with Crippen molar-refractivity contribution in [2.75, 3.05) is 5.32 Å². The number of nitrogens with zero attached hydrogens (tertiary/aromatic N) is 1. The van der Waals surface area contributed by atoms with Crippen molar-refractivity contribution in [2.24, 2.45) is 11.1 Å². The van der Waals surface area contributed by atoms with Crippen molar-refractivity contribution in [3.05, 3.63) is 52.6 Å². The van der Waals surface area contributed by atoms with Crippen molar-refractivity contribution < 1.29 is 14.3 Å². The zero-order chi connectivity index (χ0) is 18.0. The van der Waals surface area contributed by atoms with Gasteiger partial charge in [-0.2, -0.15) is 5.26 Å². The maximum absolute atomic E-state index is 13.1. The van der Waals surface area contributed by atoms with E-state index in [0.717, 1.165) is 0 Å². The van der Waals surface area contributed by atoms with Crippen LogP contribution < -0.4 is 11.1 Å². The van der Waals surface area contributed by atoms with Crippen LogP contribution >= 0.6 is 0 Å². The number of Topliss-reactive ketones (excluding diaryl/α,β-unsaturated/α-hetero) is 1. The number of ketones is 1. The van der Waals surface area contributed by atoms with Gasteiger partial charge in [-0.3, -0.25) is 9.59 Å². The lowest BCUT2D eigenvalue weighted by Gasteiger charge is -2.41. The number of amides is 1. The molecule has 1 amide bonds. The minimum absolute atomic E-state index is 0.0177. The SMILES string of the molecule is CC1(C)CC2=C(CC1=O)C1(C(=O)Nc3ccccc31)C(C#N)=C(N)O2. The maximum Gasteiger partial charge on any atom is 0.244 e. The van der Waals surface area contributed by atoms with Crippen molar-refractivity contribution in [3.8, 4) is 6.07 Å². The minimum atomic E-state index is -1.38. The summed E-state index contributed by atoms with van der Waals surface area (Å²) in [4.78, 5) is 25.7. The molecule has 3 N–H and O–H groups in total. The Bertz CT molecular complexity index is 949. The lowest BCUT2D eigenvalue weighted by Crippen LogP contribution is -2.47. The van der Waals surface area contributed by atoms with Gasteiger partial charge in [0.15, 0.2) is 0 Å². The number of nitrogens with two attached hydrogens (primary N) is 1. The van der Waals surface area contributed by atoms with Gasteiger partial charge in [0, 0.05) is 35.1 Å². The third kappa shape index (κ3) is 1.78. The van der Waals surface area contributed by atoms with E-state index in [9.17, 15) is 14.9 Å². The Morgan fingerprint density at radius 1 is 1.28 bits per heavy atom. The molecule has 1 spiro atoms. The molecule has 1 atom stereocenters. The highest BCUT2D eigenvalue weighted by Gasteiger charge is 2.59. The Hall–Kier alpha value is -3.07. The number of anilines is 1. The molecule has 1 unspecified atom stereocenters. The largest absolute Gasteiger partial charge is 0.445 e. The van der Waals surface area contributed by atoms with Gasteiger partial charge < -0.3 is 15.8 Å². The summed E-state index contributed by atoms with van der Waals surface area (Å²) in [5.41, 5.74) is 5.89. The summed E-state index contributed by atoms with van der Waals surface area (Å²) < 4.78 is 5.71. The summed E-state index contributed by atoms with van der Waals surface area (Å²) in [6, 6.07) is 9.22. The Labute approximate surface area is 144 Å². The van der Waals surface area contributed by atoms with Gasteiger partial charge >= 0.3 is 0 Å². The second kappa shape index (κ2) is 4.73. The number of nitriles is 1. The number of allylic oxidation sites excluding steroid dienone is 1. The molecule has 0 radical (unpaired) electrons. The fourth-order valence-electron chi connectivity index (χ4n) is 4.01. The zero-order valence-electron chi connectivity index (χ0n) is 14.0. The number of rotatable bonds is 0. The van der Waals surface area contributed by atoms with Gasteiger partial charge in [0.2, 0.25) is 11.8 Å². The summed E-state index contributed by atoms with van der Waals surface area (Å²) in [6.45, 7) is 3.69. The summed E-state index contributed by atoms with van der Waals surface area (Å²) in [5.74, 6) is 0.104. The average molecular weight is 335 g/mol. The van der Waals surface area contributed by atoms with Gasteiger partial charge in [-0.25, -0.2) is 0 Å². The molecule has 0 fully saturated rings. The smallest absolute Gasteiger partial charge is 0.244 e. The topological polar surface area (TPSA) is 105 Å². The molecule has 6 heteroatoms. The van der Waals surface area contributed by atoms with Gasteiger partial charge in [0.05, 0.1) is 0 Å². The van der Waals surface area contributed by atoms with Crippen LogP contribution in [0.25, 0.3) is 0 Å². The highest BCUT2D eigenvalue weighted by Crippen LogP contribution is 2.55. The molecule has 0 saturated carbocycles. The molecule has 1 aromatic carbocycles. The van der Waals surface area contributed by atoms with E-state index in [2.05, 4.69) is 5.32 Å². The first-order valence-electron chi connectivity index (χ1n) is 8.07. The van der Waals surface area contributed by atoms with E-state index < -0.39 is 10.8 Å². The molecule has 126 valence electrons. The highest BCUT2D eigenvalue weighted by molar-refractivity contribution is 6.13. The summed E-state index contributed by atoms with van der Waals surface area (Å²) in [6.07, 6.45) is 0.403. The predicted octanol–water partition coefficient (Wildman–Crippen LogP) is 2.24. The molecule has 2 aliphatic heterocycles. The third-order valence-electron chi connectivity index (χ3n) is 5.37. The van der Waals surface area contributed by atoms with Crippen LogP contribution in [-0.4, -0.2) is 11.7 Å². The van der Waals surface area contributed by atoms with Crippen LogP contribution in [0.1, 0.15) is 32.3 Å².